The summed E-state index contributed by atoms with van der Waals surface area (Å²) in [5.41, 5.74) is 3.32. The van der Waals surface area contributed by atoms with Gasteiger partial charge >= 0.3 is 5.97 Å². The van der Waals surface area contributed by atoms with Crippen LogP contribution in [0.2, 0.25) is 0 Å². The lowest BCUT2D eigenvalue weighted by Gasteiger charge is -2.17. The van der Waals surface area contributed by atoms with Gasteiger partial charge in [0, 0.05) is 11.3 Å². The van der Waals surface area contributed by atoms with Crippen LogP contribution in [-0.4, -0.2) is 22.7 Å². The predicted molar refractivity (Wildman–Crippen MR) is 134 cm³/mol. The fraction of sp³-hybridized carbons (Fsp3) is 0.500. The molecular formula is C26H34O4S2. The van der Waals surface area contributed by atoms with Gasteiger partial charge in [-0.2, -0.15) is 0 Å². The normalized spacial score (nSPS) is 17.0. The summed E-state index contributed by atoms with van der Waals surface area (Å²) in [4.78, 5) is 13.5. The molecule has 3 rings (SSSR count). The number of hydrogen-bond acceptors (Lipinski definition) is 6. The van der Waals surface area contributed by atoms with Crippen LogP contribution in [0.4, 0.5) is 0 Å². The van der Waals surface area contributed by atoms with Crippen LogP contribution in [-0.2, 0) is 11.2 Å². The largest absolute Gasteiger partial charge is 0.512 e. The lowest BCUT2D eigenvalue weighted by Crippen LogP contribution is -2.01. The van der Waals surface area contributed by atoms with Crippen molar-refractivity contribution in [3.05, 3.63) is 63.0 Å². The summed E-state index contributed by atoms with van der Waals surface area (Å²) in [6, 6.07) is 12.2. The van der Waals surface area contributed by atoms with E-state index in [0.717, 1.165) is 73.7 Å². The quantitative estimate of drug-likeness (QED) is 0.185. The first kappa shape index (κ1) is 24.9. The molecule has 4 nitrogen and oxygen atoms in total. The fourth-order valence-corrected chi connectivity index (χ4v) is 6.02. The number of methoxy groups -OCH3 is 1. The molecule has 174 valence electrons. The van der Waals surface area contributed by atoms with E-state index in [9.17, 15) is 14.5 Å². The maximum atomic E-state index is 11.6. The molecule has 0 aliphatic heterocycles. The number of aliphatic hydroxyl groups is 1. The van der Waals surface area contributed by atoms with Crippen molar-refractivity contribution < 1.29 is 19.2 Å². The first-order valence-corrected chi connectivity index (χ1v) is 13.2. The average molecular weight is 475 g/mol. The third kappa shape index (κ3) is 6.40. The van der Waals surface area contributed by atoms with Crippen molar-refractivity contribution in [1.29, 1.82) is 0 Å². The minimum absolute atomic E-state index is 0.109. The molecule has 0 spiro atoms. The Balaban J connectivity index is 1.59. The number of carbonyl (C=O) groups is 1. The smallest absolute Gasteiger partial charge is 0.348 e. The standard InChI is InChI=1S/C26H34O4S2/c1-3-4-5-9-23(32-29)18-10-12-20(13-11-18)25-19(14-16-22(25)27)7-6-8-21-15-17-24(31-21)26(28)30-2/h10-13,15,17,19,23,27,29H,3-9,14,16H2,1-2H3. The van der Waals surface area contributed by atoms with Gasteiger partial charge in [-0.05, 0) is 78.9 Å². The molecule has 1 heterocycles. The molecule has 1 aromatic heterocycles. The second kappa shape index (κ2) is 12.5. The fourth-order valence-electron chi connectivity index (χ4n) is 4.50. The van der Waals surface area contributed by atoms with Crippen molar-refractivity contribution in [3.8, 4) is 0 Å². The SMILES string of the molecule is CCCCCC(SO)c1ccc(C2=C(O)CCC2CCCc2ccc(C(=O)OC)s2)cc1. The Morgan fingerprint density at radius 2 is 1.97 bits per heavy atom. The van der Waals surface area contributed by atoms with Gasteiger partial charge in [0.15, 0.2) is 0 Å². The van der Waals surface area contributed by atoms with Crippen LogP contribution in [0.5, 0.6) is 0 Å². The predicted octanol–water partition coefficient (Wildman–Crippen LogP) is 8.06. The molecule has 1 aliphatic carbocycles. The Morgan fingerprint density at radius 1 is 1.19 bits per heavy atom. The molecule has 0 radical (unpaired) electrons. The van der Waals surface area contributed by atoms with E-state index in [2.05, 4.69) is 31.2 Å². The highest BCUT2D eigenvalue weighted by Gasteiger charge is 2.26. The van der Waals surface area contributed by atoms with Crippen molar-refractivity contribution in [3.63, 3.8) is 0 Å². The summed E-state index contributed by atoms with van der Waals surface area (Å²) in [6.45, 7) is 2.19. The van der Waals surface area contributed by atoms with Gasteiger partial charge in [-0.1, -0.05) is 50.5 Å². The number of unbranched alkanes of at least 4 members (excludes halogenated alkanes) is 2. The highest BCUT2D eigenvalue weighted by Crippen LogP contribution is 2.41. The average Bonchev–Trinajstić information content (AvgIpc) is 3.43. The molecule has 0 amide bonds. The Labute approximate surface area is 199 Å². The highest BCUT2D eigenvalue weighted by atomic mass is 32.2. The van der Waals surface area contributed by atoms with Crippen molar-refractivity contribution in [2.75, 3.05) is 7.11 Å². The zero-order chi connectivity index (χ0) is 22.9. The van der Waals surface area contributed by atoms with Crippen molar-refractivity contribution in [1.82, 2.24) is 0 Å². The number of allylic oxidation sites excluding steroid dienone is 2. The molecule has 0 saturated heterocycles. The van der Waals surface area contributed by atoms with Crippen LogP contribution in [0.1, 0.15) is 89.2 Å². The maximum Gasteiger partial charge on any atom is 0.348 e. The number of rotatable bonds is 12. The Bertz CT molecular complexity index is 901. The van der Waals surface area contributed by atoms with E-state index < -0.39 is 0 Å². The number of thiophene rings is 1. The molecule has 32 heavy (non-hydrogen) atoms. The Morgan fingerprint density at radius 3 is 2.66 bits per heavy atom. The lowest BCUT2D eigenvalue weighted by atomic mass is 9.89. The van der Waals surface area contributed by atoms with Gasteiger partial charge in [0.1, 0.15) is 4.88 Å². The number of hydrogen-bond donors (Lipinski definition) is 2. The number of aliphatic hydroxyl groups excluding tert-OH is 1. The Hall–Kier alpha value is -1.76. The minimum Gasteiger partial charge on any atom is -0.512 e. The third-order valence-corrected chi connectivity index (χ3v) is 8.15. The second-order valence-electron chi connectivity index (χ2n) is 8.46. The highest BCUT2D eigenvalue weighted by molar-refractivity contribution is 7.94. The van der Waals surface area contributed by atoms with Crippen LogP contribution < -0.4 is 0 Å². The van der Waals surface area contributed by atoms with Gasteiger partial charge in [0.05, 0.1) is 18.1 Å². The molecule has 2 N–H and O–H groups in total. The van der Waals surface area contributed by atoms with Gasteiger partial charge in [-0.25, -0.2) is 4.79 Å². The first-order chi connectivity index (χ1) is 15.6. The lowest BCUT2D eigenvalue weighted by molar-refractivity contribution is 0.0606. The zero-order valence-corrected chi connectivity index (χ0v) is 20.6. The van der Waals surface area contributed by atoms with Gasteiger partial charge in [-0.3, -0.25) is 0 Å². The van der Waals surface area contributed by atoms with Crippen molar-refractivity contribution >= 4 is 34.9 Å². The number of aryl methyl sites for hydroxylation is 1. The molecule has 0 saturated carbocycles. The molecule has 2 atom stereocenters. The second-order valence-corrected chi connectivity index (χ2v) is 10.4. The number of benzene rings is 1. The molecule has 0 bridgehead atoms. The molecule has 2 unspecified atom stereocenters. The van der Waals surface area contributed by atoms with E-state index in [4.69, 9.17) is 4.74 Å². The Kier molecular flexibility index (Phi) is 9.69. The summed E-state index contributed by atoms with van der Waals surface area (Å²) in [5, 5.41) is 10.7. The van der Waals surface area contributed by atoms with Crippen LogP contribution >= 0.6 is 23.4 Å². The van der Waals surface area contributed by atoms with Crippen LogP contribution in [0.3, 0.4) is 0 Å². The van der Waals surface area contributed by atoms with E-state index in [1.165, 1.54) is 36.2 Å². The summed E-state index contributed by atoms with van der Waals surface area (Å²) in [7, 11) is 1.41. The van der Waals surface area contributed by atoms with Gasteiger partial charge in [-0.15, -0.1) is 11.3 Å². The van der Waals surface area contributed by atoms with Gasteiger partial charge < -0.3 is 14.4 Å². The maximum absolute atomic E-state index is 11.6. The topological polar surface area (TPSA) is 66.8 Å². The monoisotopic (exact) mass is 474 g/mol. The molecule has 6 heteroatoms. The van der Waals surface area contributed by atoms with Crippen molar-refractivity contribution in [2.45, 2.75) is 70.0 Å². The van der Waals surface area contributed by atoms with Crippen LogP contribution in [0, 0.1) is 5.92 Å². The molecule has 0 fully saturated rings. The molecule has 2 aromatic rings. The van der Waals surface area contributed by atoms with E-state index in [1.54, 1.807) is 0 Å². The van der Waals surface area contributed by atoms with Gasteiger partial charge in [0.25, 0.3) is 0 Å². The van der Waals surface area contributed by atoms with Crippen molar-refractivity contribution in [2.24, 2.45) is 5.92 Å². The molecular weight excluding hydrogens is 440 g/mol. The first-order valence-electron chi connectivity index (χ1n) is 11.6. The summed E-state index contributed by atoms with van der Waals surface area (Å²) < 4.78 is 14.5. The number of ether oxygens (including phenoxy) is 1. The van der Waals surface area contributed by atoms with E-state index in [-0.39, 0.29) is 11.2 Å². The summed E-state index contributed by atoms with van der Waals surface area (Å²) in [6.07, 6.45) is 9.13. The molecule has 1 aromatic carbocycles. The van der Waals surface area contributed by atoms with Gasteiger partial charge in [0.2, 0.25) is 0 Å². The van der Waals surface area contributed by atoms with E-state index in [1.807, 2.05) is 12.1 Å². The minimum atomic E-state index is -0.275. The number of carbonyl (C=O) groups excluding carboxylic acids is 1. The van der Waals surface area contributed by atoms with E-state index in [0.29, 0.717) is 16.6 Å². The third-order valence-electron chi connectivity index (χ3n) is 6.26. The van der Waals surface area contributed by atoms with Crippen LogP contribution in [0.15, 0.2) is 42.2 Å². The number of esters is 1. The zero-order valence-electron chi connectivity index (χ0n) is 19.0. The summed E-state index contributed by atoms with van der Waals surface area (Å²) >= 11 is 2.44. The molecule has 1 aliphatic rings. The van der Waals surface area contributed by atoms with E-state index >= 15 is 0 Å². The van der Waals surface area contributed by atoms with Crippen LogP contribution in [0.25, 0.3) is 5.57 Å². The summed E-state index contributed by atoms with van der Waals surface area (Å²) in [5.74, 6) is 0.596.